The average Bonchev–Trinajstić information content (AvgIpc) is 2.90. The van der Waals surface area contributed by atoms with Crippen molar-refractivity contribution in [3.05, 3.63) is 89.0 Å². The van der Waals surface area contributed by atoms with Gasteiger partial charge in [-0.1, -0.05) is 42.5 Å². The van der Waals surface area contributed by atoms with Crippen LogP contribution < -0.4 is 24.3 Å². The van der Waals surface area contributed by atoms with Gasteiger partial charge in [0.1, 0.15) is 18.2 Å². The Labute approximate surface area is 205 Å². The highest BCUT2D eigenvalue weighted by atomic mass is 16.5. The van der Waals surface area contributed by atoms with Crippen molar-refractivity contribution in [3.8, 4) is 29.1 Å². The van der Waals surface area contributed by atoms with Crippen molar-refractivity contribution >= 4 is 12.0 Å². The van der Waals surface area contributed by atoms with E-state index in [0.29, 0.717) is 48.1 Å². The molecule has 0 unspecified atom stereocenters. The van der Waals surface area contributed by atoms with Gasteiger partial charge in [-0.25, -0.2) is 0 Å². The van der Waals surface area contributed by atoms with Crippen LogP contribution in [0.25, 0.3) is 6.08 Å². The molecule has 0 aliphatic carbocycles. The number of amides is 1. The lowest BCUT2D eigenvalue weighted by molar-refractivity contribution is -0.117. The molecule has 0 saturated carbocycles. The van der Waals surface area contributed by atoms with Crippen molar-refractivity contribution in [2.24, 2.45) is 0 Å². The van der Waals surface area contributed by atoms with E-state index in [0.717, 1.165) is 11.1 Å². The summed E-state index contributed by atoms with van der Waals surface area (Å²) in [4.78, 5) is 12.6. The molecule has 0 radical (unpaired) electrons. The van der Waals surface area contributed by atoms with Crippen LogP contribution >= 0.6 is 0 Å². The highest BCUT2D eigenvalue weighted by Crippen LogP contribution is 2.30. The van der Waals surface area contributed by atoms with Gasteiger partial charge in [-0.15, -0.1) is 0 Å². The third kappa shape index (κ3) is 7.02. The predicted octanol–water partition coefficient (Wildman–Crippen LogP) is 4.56. The number of carbonyl (C=O) groups excluding carboxylic acids is 1. The predicted molar refractivity (Wildman–Crippen MR) is 134 cm³/mol. The molecule has 7 nitrogen and oxygen atoms in total. The van der Waals surface area contributed by atoms with Gasteiger partial charge in [-0.05, 0) is 53.5 Å². The molecular formula is C28H28N2O5. The molecular weight excluding hydrogens is 444 g/mol. The van der Waals surface area contributed by atoms with Crippen LogP contribution in [0.2, 0.25) is 0 Å². The Balaban J connectivity index is 1.65. The van der Waals surface area contributed by atoms with E-state index in [-0.39, 0.29) is 5.57 Å². The van der Waals surface area contributed by atoms with Gasteiger partial charge in [-0.2, -0.15) is 5.26 Å². The monoisotopic (exact) mass is 472 g/mol. The van der Waals surface area contributed by atoms with Crippen LogP contribution in [-0.4, -0.2) is 33.8 Å². The number of nitrogens with zero attached hydrogens (tertiary/aromatic N) is 1. The number of carbonyl (C=O) groups is 1. The highest BCUT2D eigenvalue weighted by Gasteiger charge is 2.11. The second-order valence-corrected chi connectivity index (χ2v) is 7.55. The lowest BCUT2D eigenvalue weighted by Gasteiger charge is -2.12. The lowest BCUT2D eigenvalue weighted by Crippen LogP contribution is -2.26. The Morgan fingerprint density at radius 3 is 2.23 bits per heavy atom. The topological polar surface area (TPSA) is 89.8 Å². The maximum absolute atomic E-state index is 12.6. The van der Waals surface area contributed by atoms with E-state index < -0.39 is 5.91 Å². The minimum absolute atomic E-state index is 0.00325. The molecule has 0 aliphatic rings. The Morgan fingerprint density at radius 1 is 0.857 bits per heavy atom. The number of methoxy groups -OCH3 is 3. The van der Waals surface area contributed by atoms with E-state index in [1.54, 1.807) is 39.5 Å². The summed E-state index contributed by atoms with van der Waals surface area (Å²) in [5.74, 6) is 1.91. The molecule has 0 atom stereocenters. The zero-order chi connectivity index (χ0) is 25.0. The molecule has 180 valence electrons. The van der Waals surface area contributed by atoms with Gasteiger partial charge in [0.2, 0.25) is 0 Å². The molecule has 0 aromatic heterocycles. The van der Waals surface area contributed by atoms with Gasteiger partial charge in [0.15, 0.2) is 23.0 Å². The third-order valence-electron chi connectivity index (χ3n) is 5.25. The summed E-state index contributed by atoms with van der Waals surface area (Å²) in [5, 5.41) is 12.4. The summed E-state index contributed by atoms with van der Waals surface area (Å²) in [6, 6.07) is 22.6. The van der Waals surface area contributed by atoms with E-state index in [4.69, 9.17) is 18.9 Å². The molecule has 1 amide bonds. The second kappa shape index (κ2) is 12.7. The molecule has 3 aromatic rings. The van der Waals surface area contributed by atoms with Crippen molar-refractivity contribution in [1.82, 2.24) is 5.32 Å². The quantitative estimate of drug-likeness (QED) is 0.325. The number of benzene rings is 3. The summed E-state index contributed by atoms with van der Waals surface area (Å²) >= 11 is 0. The minimum Gasteiger partial charge on any atom is -0.493 e. The lowest BCUT2D eigenvalue weighted by atomic mass is 10.1. The van der Waals surface area contributed by atoms with Crippen LogP contribution in [0.3, 0.4) is 0 Å². The van der Waals surface area contributed by atoms with Crippen LogP contribution in [0.4, 0.5) is 0 Å². The number of hydrogen-bond acceptors (Lipinski definition) is 6. The fourth-order valence-corrected chi connectivity index (χ4v) is 3.40. The fourth-order valence-electron chi connectivity index (χ4n) is 3.40. The molecule has 0 spiro atoms. The Kier molecular flexibility index (Phi) is 9.14. The second-order valence-electron chi connectivity index (χ2n) is 7.55. The van der Waals surface area contributed by atoms with Crippen LogP contribution in [0, 0.1) is 11.3 Å². The standard InChI is InChI=1S/C28H28N2O5/c1-32-24-11-9-20(16-26(24)34-3)13-14-30-28(31)23(18-29)15-22-10-12-25(33-2)27(17-22)35-19-21-7-5-4-6-8-21/h4-12,15-17H,13-14,19H2,1-3H3,(H,30,31)/b23-15+. The summed E-state index contributed by atoms with van der Waals surface area (Å²) in [6.07, 6.45) is 2.10. The van der Waals surface area contributed by atoms with Crippen LogP contribution in [0.5, 0.6) is 23.0 Å². The number of hydrogen-bond donors (Lipinski definition) is 1. The smallest absolute Gasteiger partial charge is 0.261 e. The molecule has 3 aromatic carbocycles. The summed E-state index contributed by atoms with van der Waals surface area (Å²) < 4.78 is 21.9. The van der Waals surface area contributed by atoms with Crippen LogP contribution in [0.15, 0.2) is 72.3 Å². The van der Waals surface area contributed by atoms with Crippen molar-refractivity contribution in [1.29, 1.82) is 5.26 Å². The zero-order valence-corrected chi connectivity index (χ0v) is 20.0. The van der Waals surface area contributed by atoms with Crippen molar-refractivity contribution in [2.45, 2.75) is 13.0 Å². The number of rotatable bonds is 11. The van der Waals surface area contributed by atoms with E-state index in [9.17, 15) is 10.1 Å². The van der Waals surface area contributed by atoms with Gasteiger partial charge in [0.25, 0.3) is 5.91 Å². The van der Waals surface area contributed by atoms with Crippen molar-refractivity contribution < 1.29 is 23.7 Å². The van der Waals surface area contributed by atoms with E-state index in [1.807, 2.05) is 54.6 Å². The Bertz CT molecular complexity index is 1220. The largest absolute Gasteiger partial charge is 0.493 e. The maximum atomic E-state index is 12.6. The van der Waals surface area contributed by atoms with E-state index >= 15 is 0 Å². The molecule has 7 heteroatoms. The first-order chi connectivity index (χ1) is 17.1. The summed E-state index contributed by atoms with van der Waals surface area (Å²) in [5.41, 5.74) is 2.64. The van der Waals surface area contributed by atoms with E-state index in [1.165, 1.54) is 6.08 Å². The van der Waals surface area contributed by atoms with Crippen LogP contribution in [-0.2, 0) is 17.8 Å². The van der Waals surface area contributed by atoms with Crippen molar-refractivity contribution in [2.75, 3.05) is 27.9 Å². The molecule has 0 fully saturated rings. The molecule has 0 bridgehead atoms. The van der Waals surface area contributed by atoms with Crippen LogP contribution in [0.1, 0.15) is 16.7 Å². The number of nitriles is 1. The molecule has 0 aliphatic heterocycles. The highest BCUT2D eigenvalue weighted by molar-refractivity contribution is 6.01. The Hall–Kier alpha value is -4.44. The summed E-state index contributed by atoms with van der Waals surface area (Å²) in [6.45, 7) is 0.730. The van der Waals surface area contributed by atoms with Gasteiger partial charge in [0.05, 0.1) is 21.3 Å². The van der Waals surface area contributed by atoms with Gasteiger partial charge in [-0.3, -0.25) is 4.79 Å². The maximum Gasteiger partial charge on any atom is 0.261 e. The first-order valence-electron chi connectivity index (χ1n) is 11.0. The fraction of sp³-hybridized carbons (Fsp3) is 0.214. The SMILES string of the molecule is COc1ccc(CCNC(=O)/C(C#N)=C/c2ccc(OC)c(OCc3ccccc3)c2)cc1OC. The van der Waals surface area contributed by atoms with Gasteiger partial charge >= 0.3 is 0 Å². The zero-order valence-electron chi connectivity index (χ0n) is 20.0. The first kappa shape index (κ1) is 25.2. The number of nitrogens with one attached hydrogen (secondary N) is 1. The summed E-state index contributed by atoms with van der Waals surface area (Å²) in [7, 11) is 4.71. The molecule has 1 N–H and O–H groups in total. The first-order valence-corrected chi connectivity index (χ1v) is 11.0. The molecule has 0 heterocycles. The Morgan fingerprint density at radius 2 is 1.54 bits per heavy atom. The molecule has 0 saturated heterocycles. The normalized spacial score (nSPS) is 10.7. The number of ether oxygens (including phenoxy) is 4. The van der Waals surface area contributed by atoms with Gasteiger partial charge < -0.3 is 24.3 Å². The van der Waals surface area contributed by atoms with E-state index in [2.05, 4.69) is 5.32 Å². The minimum atomic E-state index is -0.449. The molecule has 3 rings (SSSR count). The molecule has 35 heavy (non-hydrogen) atoms. The average molecular weight is 473 g/mol. The van der Waals surface area contributed by atoms with Gasteiger partial charge in [0, 0.05) is 6.54 Å². The third-order valence-corrected chi connectivity index (χ3v) is 5.25. The van der Waals surface area contributed by atoms with Crippen molar-refractivity contribution in [3.63, 3.8) is 0 Å².